The van der Waals surface area contributed by atoms with Crippen LogP contribution in [0.5, 0.6) is 0 Å². The fourth-order valence-electron chi connectivity index (χ4n) is 1.44. The van der Waals surface area contributed by atoms with Gasteiger partial charge in [0.2, 0.25) is 0 Å². The van der Waals surface area contributed by atoms with Gasteiger partial charge in [-0.05, 0) is 0 Å². The van der Waals surface area contributed by atoms with Gasteiger partial charge < -0.3 is 50.6 Å². The smallest absolute Gasteiger partial charge is 0.549 e. The van der Waals surface area contributed by atoms with Gasteiger partial charge in [0.25, 0.3) is 0 Å². The minimum atomic E-state index is -1.53. The molecule has 0 amide bonds. The maximum atomic E-state index is 10.4. The Hall–Kier alpha value is 0.239. The van der Waals surface area contributed by atoms with Crippen molar-refractivity contribution in [2.24, 2.45) is 0 Å². The third-order valence-corrected chi connectivity index (χ3v) is 2.14. The van der Waals surface area contributed by atoms with Gasteiger partial charge in [-0.3, -0.25) is 9.80 Å². The molecule has 4 N–H and O–H groups in total. The molecular weight excluding hydrogens is 418 g/mol. The summed E-state index contributed by atoms with van der Waals surface area (Å²) in [5.74, 6) is -6.12. The number of carbonyl (C=O) groups is 4. The molecular formula is C10H16CuN2Na2O10-2. The van der Waals surface area contributed by atoms with E-state index in [1.807, 2.05) is 0 Å². The minimum Gasteiger partial charge on any atom is -0.549 e. The van der Waals surface area contributed by atoms with Crippen LogP contribution < -0.4 is 79.5 Å². The van der Waals surface area contributed by atoms with Crippen LogP contribution >= 0.6 is 0 Å². The van der Waals surface area contributed by atoms with Crippen molar-refractivity contribution in [2.45, 2.75) is 0 Å². The number of carboxylic acids is 4. The van der Waals surface area contributed by atoms with Gasteiger partial charge >= 0.3 is 59.1 Å². The molecule has 0 atom stereocenters. The molecule has 0 aromatic rings. The zero-order chi connectivity index (χ0) is 15.7. The molecule has 0 rings (SSSR count). The van der Waals surface area contributed by atoms with Crippen molar-refractivity contribution in [3.63, 3.8) is 0 Å². The molecule has 0 unspecified atom stereocenters. The molecule has 0 bridgehead atoms. The average molecular weight is 434 g/mol. The topological polar surface area (TPSA) is 230 Å². The Labute approximate surface area is 198 Å². The summed E-state index contributed by atoms with van der Waals surface area (Å²) >= 11 is 0. The van der Waals surface area contributed by atoms with E-state index in [-0.39, 0.29) is 100 Å². The van der Waals surface area contributed by atoms with E-state index in [1.165, 1.54) is 0 Å². The SMILES string of the molecule is O.O.O=C([O-])CN(CCN(CC(=O)[O-])CC(=O)[O-])CC(=O)[O-].[Cu].[Na+].[Na+]. The molecule has 0 spiro atoms. The molecule has 0 saturated heterocycles. The van der Waals surface area contributed by atoms with Crippen LogP contribution in [0.2, 0.25) is 0 Å². The summed E-state index contributed by atoms with van der Waals surface area (Å²) in [5.41, 5.74) is 0. The van der Waals surface area contributed by atoms with Crippen LogP contribution in [0.15, 0.2) is 0 Å². The molecule has 0 aliphatic heterocycles. The Bertz CT molecular complexity index is 334. The maximum Gasteiger partial charge on any atom is 1.00 e. The van der Waals surface area contributed by atoms with E-state index < -0.39 is 50.1 Å². The Balaban J connectivity index is -0.000000180. The average Bonchev–Trinajstić information content (AvgIpc) is 2.22. The third-order valence-electron chi connectivity index (χ3n) is 2.14. The first-order valence-electron chi connectivity index (χ1n) is 5.44. The molecule has 0 aliphatic rings. The molecule has 0 fully saturated rings. The first kappa shape index (κ1) is 40.1. The van der Waals surface area contributed by atoms with Crippen LogP contribution in [0.1, 0.15) is 0 Å². The van der Waals surface area contributed by atoms with E-state index in [1.54, 1.807) is 0 Å². The predicted molar refractivity (Wildman–Crippen MR) is 60.1 cm³/mol. The number of carbonyl (C=O) groups excluding carboxylic acids is 4. The number of aliphatic carboxylic acids is 4. The summed E-state index contributed by atoms with van der Waals surface area (Å²) in [6.07, 6.45) is 0. The van der Waals surface area contributed by atoms with E-state index in [0.29, 0.717) is 0 Å². The van der Waals surface area contributed by atoms with Gasteiger partial charge in [0.1, 0.15) is 0 Å². The van der Waals surface area contributed by atoms with Gasteiger partial charge in [-0.1, -0.05) is 0 Å². The predicted octanol–water partition coefficient (Wildman–Crippen LogP) is -15.1. The first-order valence-corrected chi connectivity index (χ1v) is 5.44. The second-order valence-electron chi connectivity index (χ2n) is 3.91. The van der Waals surface area contributed by atoms with Crippen molar-refractivity contribution < 1.29 is 127 Å². The Morgan fingerprint density at radius 1 is 0.560 bits per heavy atom. The van der Waals surface area contributed by atoms with Gasteiger partial charge in [-0.25, -0.2) is 0 Å². The zero-order valence-electron chi connectivity index (χ0n) is 13.7. The molecule has 141 valence electrons. The van der Waals surface area contributed by atoms with E-state index in [9.17, 15) is 39.6 Å². The van der Waals surface area contributed by atoms with Gasteiger partial charge in [0.15, 0.2) is 0 Å². The number of carboxylic acid groups (broad SMARTS) is 4. The van der Waals surface area contributed by atoms with Crippen molar-refractivity contribution in [1.82, 2.24) is 9.80 Å². The van der Waals surface area contributed by atoms with Crippen LogP contribution in [0, 0.1) is 0 Å². The summed E-state index contributed by atoms with van der Waals surface area (Å²) < 4.78 is 0. The molecule has 15 heteroatoms. The summed E-state index contributed by atoms with van der Waals surface area (Å²) in [4.78, 5) is 43.4. The Morgan fingerprint density at radius 3 is 0.840 bits per heavy atom. The maximum absolute atomic E-state index is 10.4. The number of rotatable bonds is 11. The van der Waals surface area contributed by atoms with Gasteiger partial charge in [0.05, 0.1) is 23.9 Å². The fourth-order valence-corrected chi connectivity index (χ4v) is 1.44. The van der Waals surface area contributed by atoms with Crippen LogP contribution in [-0.4, -0.2) is 83.9 Å². The largest absolute Gasteiger partial charge is 1.00 e. The van der Waals surface area contributed by atoms with E-state index in [2.05, 4.69) is 0 Å². The van der Waals surface area contributed by atoms with E-state index >= 15 is 0 Å². The van der Waals surface area contributed by atoms with Crippen molar-refractivity contribution in [3.8, 4) is 0 Å². The molecule has 0 aliphatic carbocycles. The Kier molecular flexibility index (Phi) is 35.7. The second-order valence-corrected chi connectivity index (χ2v) is 3.91. The van der Waals surface area contributed by atoms with Crippen LogP contribution in [0.4, 0.5) is 0 Å². The standard InChI is InChI=1S/C10H16N2O8.Cu.2Na.2H2O/c13-7(14)3-11(4-8(15)16)1-2-12(5-9(17)18)6-10(19)20;;;;;/h1-6H2,(H,13,14)(H,15,16)(H,17,18)(H,19,20);;;;2*1H2/q;;2*+1;;/p-4. The molecule has 1 radical (unpaired) electrons. The fraction of sp³-hybridized carbons (Fsp3) is 0.600. The summed E-state index contributed by atoms with van der Waals surface area (Å²) in [6, 6.07) is 0. The molecule has 25 heavy (non-hydrogen) atoms. The quantitative estimate of drug-likeness (QED) is 0.279. The normalized spacial score (nSPS) is 8.56. The van der Waals surface area contributed by atoms with E-state index in [4.69, 9.17) is 0 Å². The number of nitrogens with zero attached hydrogens (tertiary/aromatic N) is 2. The van der Waals surface area contributed by atoms with Gasteiger partial charge in [0, 0.05) is 56.3 Å². The third kappa shape index (κ3) is 26.6. The molecule has 12 nitrogen and oxygen atoms in total. The Morgan fingerprint density at radius 2 is 0.720 bits per heavy atom. The van der Waals surface area contributed by atoms with Crippen LogP contribution in [-0.2, 0) is 36.2 Å². The second kappa shape index (κ2) is 22.3. The van der Waals surface area contributed by atoms with Crippen LogP contribution in [0.25, 0.3) is 0 Å². The monoisotopic (exact) mass is 433 g/mol. The van der Waals surface area contributed by atoms with Gasteiger partial charge in [-0.15, -0.1) is 0 Å². The van der Waals surface area contributed by atoms with Crippen molar-refractivity contribution in [3.05, 3.63) is 0 Å². The summed E-state index contributed by atoms with van der Waals surface area (Å²) in [7, 11) is 0. The summed E-state index contributed by atoms with van der Waals surface area (Å²) in [5, 5.41) is 41.6. The molecule has 0 aromatic heterocycles. The zero-order valence-corrected chi connectivity index (χ0v) is 18.6. The van der Waals surface area contributed by atoms with Crippen molar-refractivity contribution in [2.75, 3.05) is 39.3 Å². The minimum absolute atomic E-state index is 0. The first-order chi connectivity index (χ1) is 9.20. The molecule has 0 saturated carbocycles. The van der Waals surface area contributed by atoms with Crippen molar-refractivity contribution >= 4 is 23.9 Å². The van der Waals surface area contributed by atoms with Gasteiger partial charge in [-0.2, -0.15) is 0 Å². The van der Waals surface area contributed by atoms with Crippen LogP contribution in [0.3, 0.4) is 0 Å². The van der Waals surface area contributed by atoms with E-state index in [0.717, 1.165) is 9.80 Å². The molecule has 0 heterocycles. The molecule has 0 aromatic carbocycles. The number of hydrogen-bond donors (Lipinski definition) is 0. The van der Waals surface area contributed by atoms with Crippen molar-refractivity contribution in [1.29, 1.82) is 0 Å². The summed E-state index contributed by atoms with van der Waals surface area (Å²) in [6.45, 7) is -3.25. The number of hydrogen-bond acceptors (Lipinski definition) is 10.